The van der Waals surface area contributed by atoms with Gasteiger partial charge in [0.05, 0.1) is 0 Å². The highest BCUT2D eigenvalue weighted by Crippen LogP contribution is 2.19. The third-order valence-electron chi connectivity index (χ3n) is 5.69. The zero-order valence-corrected chi connectivity index (χ0v) is 15.6. The molecular formula is C19H28N6O. The summed E-state index contributed by atoms with van der Waals surface area (Å²) in [6.07, 6.45) is 7.03. The van der Waals surface area contributed by atoms with Gasteiger partial charge in [0, 0.05) is 39.0 Å². The monoisotopic (exact) mass is 356 g/mol. The number of carbonyl (C=O) groups excluding carboxylic acids is 1. The molecule has 7 heteroatoms. The van der Waals surface area contributed by atoms with Crippen LogP contribution < -0.4 is 4.90 Å². The predicted molar refractivity (Wildman–Crippen MR) is 100 cm³/mol. The first-order chi connectivity index (χ1) is 12.7. The number of aryl methyl sites for hydroxylation is 1. The Hall–Kier alpha value is -2.18. The molecule has 4 rings (SSSR count). The van der Waals surface area contributed by atoms with Gasteiger partial charge in [-0.2, -0.15) is 4.52 Å². The molecule has 2 aliphatic heterocycles. The van der Waals surface area contributed by atoms with E-state index in [1.807, 2.05) is 21.5 Å². The number of fused-ring (bicyclic) bond motifs is 1. The number of piperidine rings is 2. The van der Waals surface area contributed by atoms with Crippen molar-refractivity contribution in [1.82, 2.24) is 24.7 Å². The maximum atomic E-state index is 12.5. The summed E-state index contributed by atoms with van der Waals surface area (Å²) in [7, 11) is 0. The summed E-state index contributed by atoms with van der Waals surface area (Å²) < 4.78 is 1.81. The predicted octanol–water partition coefficient (Wildman–Crippen LogP) is 2.31. The van der Waals surface area contributed by atoms with E-state index in [4.69, 9.17) is 5.10 Å². The standard InChI is InChI=1S/C19H28N6O/c1-15-9-13-24(14-10-15)19(26)8-7-17-21-20-16-5-6-18(22-25(16)17)23-11-3-2-4-12-23/h5-6,15H,2-4,7-14H2,1H3. The summed E-state index contributed by atoms with van der Waals surface area (Å²) in [5.41, 5.74) is 0.750. The molecule has 2 fully saturated rings. The topological polar surface area (TPSA) is 66.6 Å². The van der Waals surface area contributed by atoms with Crippen LogP contribution in [0, 0.1) is 5.92 Å². The fraction of sp³-hybridized carbons (Fsp3) is 0.684. The molecule has 2 aliphatic rings. The normalized spacial score (nSPS) is 19.3. The fourth-order valence-electron chi connectivity index (χ4n) is 3.91. The van der Waals surface area contributed by atoms with E-state index in [-0.39, 0.29) is 5.91 Å². The fourth-order valence-corrected chi connectivity index (χ4v) is 3.91. The number of anilines is 1. The van der Waals surface area contributed by atoms with Crippen LogP contribution in [0.25, 0.3) is 5.65 Å². The first-order valence-corrected chi connectivity index (χ1v) is 9.95. The quantitative estimate of drug-likeness (QED) is 0.841. The maximum Gasteiger partial charge on any atom is 0.223 e. The summed E-state index contributed by atoms with van der Waals surface area (Å²) in [5, 5.41) is 13.2. The second-order valence-electron chi connectivity index (χ2n) is 7.69. The SMILES string of the molecule is CC1CCN(C(=O)CCc2nnc3ccc(N4CCCCC4)nn23)CC1. The number of hydrogen-bond donors (Lipinski definition) is 0. The number of rotatable bonds is 4. The molecule has 0 aromatic carbocycles. The summed E-state index contributed by atoms with van der Waals surface area (Å²) in [4.78, 5) is 16.8. The molecule has 140 valence electrons. The second kappa shape index (κ2) is 7.60. The van der Waals surface area contributed by atoms with Gasteiger partial charge in [-0.05, 0) is 50.2 Å². The zero-order valence-electron chi connectivity index (χ0n) is 15.6. The van der Waals surface area contributed by atoms with Crippen molar-refractivity contribution in [3.63, 3.8) is 0 Å². The van der Waals surface area contributed by atoms with Gasteiger partial charge < -0.3 is 9.80 Å². The van der Waals surface area contributed by atoms with E-state index < -0.39 is 0 Å². The Morgan fingerprint density at radius 1 is 1.08 bits per heavy atom. The molecule has 0 atom stereocenters. The summed E-state index contributed by atoms with van der Waals surface area (Å²) in [6.45, 7) is 6.15. The van der Waals surface area contributed by atoms with E-state index >= 15 is 0 Å². The lowest BCUT2D eigenvalue weighted by Gasteiger charge is -2.30. The molecule has 2 aromatic heterocycles. The smallest absolute Gasteiger partial charge is 0.223 e. The lowest BCUT2D eigenvalue weighted by molar-refractivity contribution is -0.132. The molecule has 0 N–H and O–H groups in total. The van der Waals surface area contributed by atoms with E-state index in [9.17, 15) is 4.79 Å². The van der Waals surface area contributed by atoms with Gasteiger partial charge in [-0.1, -0.05) is 6.92 Å². The molecular weight excluding hydrogens is 328 g/mol. The molecule has 0 spiro atoms. The third kappa shape index (κ3) is 3.66. The van der Waals surface area contributed by atoms with Crippen LogP contribution in [0.3, 0.4) is 0 Å². The largest absolute Gasteiger partial charge is 0.355 e. The average molecular weight is 356 g/mol. The minimum Gasteiger partial charge on any atom is -0.355 e. The molecule has 0 unspecified atom stereocenters. The molecule has 0 bridgehead atoms. The van der Waals surface area contributed by atoms with Crippen LogP contribution in [-0.4, -0.2) is 56.8 Å². The number of hydrogen-bond acceptors (Lipinski definition) is 5. The van der Waals surface area contributed by atoms with Gasteiger partial charge >= 0.3 is 0 Å². The van der Waals surface area contributed by atoms with Crippen molar-refractivity contribution < 1.29 is 4.79 Å². The van der Waals surface area contributed by atoms with Crippen LogP contribution in [0.4, 0.5) is 5.82 Å². The van der Waals surface area contributed by atoms with E-state index in [2.05, 4.69) is 22.0 Å². The lowest BCUT2D eigenvalue weighted by atomic mass is 9.99. The first kappa shape index (κ1) is 17.2. The van der Waals surface area contributed by atoms with Gasteiger partial charge in [0.25, 0.3) is 0 Å². The molecule has 0 aliphatic carbocycles. The van der Waals surface area contributed by atoms with E-state index in [1.165, 1.54) is 19.3 Å². The Bertz CT molecular complexity index is 758. The van der Waals surface area contributed by atoms with Crippen molar-refractivity contribution in [2.24, 2.45) is 5.92 Å². The summed E-state index contributed by atoms with van der Waals surface area (Å²) in [5.74, 6) is 2.71. The molecule has 1 amide bonds. The average Bonchev–Trinajstić information content (AvgIpc) is 3.09. The Morgan fingerprint density at radius 3 is 2.62 bits per heavy atom. The highest BCUT2D eigenvalue weighted by molar-refractivity contribution is 5.76. The van der Waals surface area contributed by atoms with E-state index in [1.54, 1.807) is 0 Å². The molecule has 2 saturated heterocycles. The lowest BCUT2D eigenvalue weighted by Crippen LogP contribution is -2.38. The molecule has 2 aromatic rings. The van der Waals surface area contributed by atoms with Crippen molar-refractivity contribution in [1.29, 1.82) is 0 Å². The van der Waals surface area contributed by atoms with E-state index in [0.717, 1.165) is 62.2 Å². The number of carbonyl (C=O) groups is 1. The molecule has 26 heavy (non-hydrogen) atoms. The number of aromatic nitrogens is 4. The van der Waals surface area contributed by atoms with Crippen molar-refractivity contribution in [3.05, 3.63) is 18.0 Å². The highest BCUT2D eigenvalue weighted by atomic mass is 16.2. The Balaban J connectivity index is 1.43. The van der Waals surface area contributed by atoms with Gasteiger partial charge in [-0.25, -0.2) is 0 Å². The minimum atomic E-state index is 0.223. The molecule has 0 radical (unpaired) electrons. The van der Waals surface area contributed by atoms with Crippen LogP contribution >= 0.6 is 0 Å². The Morgan fingerprint density at radius 2 is 1.85 bits per heavy atom. The van der Waals surface area contributed by atoms with Crippen molar-refractivity contribution in [3.8, 4) is 0 Å². The maximum absolute atomic E-state index is 12.5. The highest BCUT2D eigenvalue weighted by Gasteiger charge is 2.21. The number of likely N-dealkylation sites (tertiary alicyclic amines) is 1. The van der Waals surface area contributed by atoms with Crippen molar-refractivity contribution in [2.75, 3.05) is 31.1 Å². The van der Waals surface area contributed by atoms with Gasteiger partial charge in [0.15, 0.2) is 11.5 Å². The van der Waals surface area contributed by atoms with Gasteiger partial charge in [-0.15, -0.1) is 15.3 Å². The van der Waals surface area contributed by atoms with Gasteiger partial charge in [0.2, 0.25) is 5.91 Å². The zero-order chi connectivity index (χ0) is 17.9. The first-order valence-electron chi connectivity index (χ1n) is 9.95. The molecule has 0 saturated carbocycles. The third-order valence-corrected chi connectivity index (χ3v) is 5.69. The van der Waals surface area contributed by atoms with Crippen LogP contribution in [0.1, 0.15) is 51.3 Å². The Kier molecular flexibility index (Phi) is 5.04. The number of nitrogens with zero attached hydrogens (tertiary/aromatic N) is 6. The van der Waals surface area contributed by atoms with Crippen molar-refractivity contribution >= 4 is 17.4 Å². The van der Waals surface area contributed by atoms with Crippen LogP contribution in [0.2, 0.25) is 0 Å². The molecule has 4 heterocycles. The summed E-state index contributed by atoms with van der Waals surface area (Å²) in [6, 6.07) is 4.00. The van der Waals surface area contributed by atoms with Crippen LogP contribution in [0.5, 0.6) is 0 Å². The Labute approximate surface area is 154 Å². The van der Waals surface area contributed by atoms with Gasteiger partial charge in [0.1, 0.15) is 5.82 Å². The number of amides is 1. The van der Waals surface area contributed by atoms with Crippen LogP contribution in [0.15, 0.2) is 12.1 Å². The van der Waals surface area contributed by atoms with E-state index in [0.29, 0.717) is 12.8 Å². The minimum absolute atomic E-state index is 0.223. The van der Waals surface area contributed by atoms with Crippen LogP contribution in [-0.2, 0) is 11.2 Å². The summed E-state index contributed by atoms with van der Waals surface area (Å²) >= 11 is 0. The second-order valence-corrected chi connectivity index (χ2v) is 7.69. The van der Waals surface area contributed by atoms with Crippen molar-refractivity contribution in [2.45, 2.75) is 51.9 Å². The van der Waals surface area contributed by atoms with Gasteiger partial charge in [-0.3, -0.25) is 4.79 Å². The molecule has 7 nitrogen and oxygen atoms in total.